The summed E-state index contributed by atoms with van der Waals surface area (Å²) in [5.41, 5.74) is 2.62. The molecule has 0 radical (unpaired) electrons. The second-order valence-corrected chi connectivity index (χ2v) is 8.30. The summed E-state index contributed by atoms with van der Waals surface area (Å²) in [6, 6.07) is 11.6. The molecule has 2 atom stereocenters. The van der Waals surface area contributed by atoms with Crippen LogP contribution in [0, 0.1) is 13.8 Å². The fourth-order valence-electron chi connectivity index (χ4n) is 3.95. The van der Waals surface area contributed by atoms with Gasteiger partial charge in [0.1, 0.15) is 17.1 Å². The lowest BCUT2D eigenvalue weighted by Crippen LogP contribution is -2.46. The fourth-order valence-corrected chi connectivity index (χ4v) is 4.06. The number of hydrogen-bond donors (Lipinski definition) is 1. The molecule has 1 aliphatic rings. The topological polar surface area (TPSA) is 47.6 Å². The largest absolute Gasteiger partial charge is 0.487 e. The van der Waals surface area contributed by atoms with E-state index in [9.17, 15) is 4.79 Å². The number of nitrogens with one attached hydrogen (secondary N) is 1. The van der Waals surface area contributed by atoms with Crippen LogP contribution in [-0.2, 0) is 4.79 Å². The molecular formula is C24H30ClNO3. The highest BCUT2D eigenvalue weighted by Crippen LogP contribution is 2.42. The average molecular weight is 416 g/mol. The molecule has 1 heterocycles. The van der Waals surface area contributed by atoms with Crippen molar-refractivity contribution in [2.24, 2.45) is 0 Å². The Morgan fingerprint density at radius 3 is 2.48 bits per heavy atom. The maximum Gasteiger partial charge on any atom is 0.261 e. The molecule has 0 fully saturated rings. The molecule has 1 N–H and O–H groups in total. The van der Waals surface area contributed by atoms with Crippen LogP contribution in [0.25, 0.3) is 0 Å². The van der Waals surface area contributed by atoms with Crippen LogP contribution in [0.3, 0.4) is 0 Å². The number of fused-ring (bicyclic) bond motifs is 1. The van der Waals surface area contributed by atoms with E-state index in [0.29, 0.717) is 5.75 Å². The van der Waals surface area contributed by atoms with E-state index in [2.05, 4.69) is 19.2 Å². The number of halogens is 1. The zero-order chi connectivity index (χ0) is 21.2. The van der Waals surface area contributed by atoms with Crippen molar-refractivity contribution < 1.29 is 14.3 Å². The summed E-state index contributed by atoms with van der Waals surface area (Å²) in [6.07, 6.45) is 1.90. The van der Waals surface area contributed by atoms with E-state index in [4.69, 9.17) is 21.1 Å². The lowest BCUT2D eigenvalue weighted by molar-refractivity contribution is -0.128. The molecule has 2 aromatic rings. The van der Waals surface area contributed by atoms with Crippen LogP contribution in [0.1, 0.15) is 62.8 Å². The first-order valence-corrected chi connectivity index (χ1v) is 10.7. The van der Waals surface area contributed by atoms with E-state index in [1.807, 2.05) is 50.2 Å². The first-order chi connectivity index (χ1) is 13.8. The predicted molar refractivity (Wildman–Crippen MR) is 117 cm³/mol. The molecule has 0 saturated heterocycles. The summed E-state index contributed by atoms with van der Waals surface area (Å²) >= 11 is 6.23. The van der Waals surface area contributed by atoms with Crippen molar-refractivity contribution in [3.63, 3.8) is 0 Å². The van der Waals surface area contributed by atoms with Gasteiger partial charge >= 0.3 is 0 Å². The number of aryl methyl sites for hydroxylation is 2. The number of benzene rings is 2. The minimum Gasteiger partial charge on any atom is -0.487 e. The Morgan fingerprint density at radius 1 is 1.24 bits per heavy atom. The molecule has 29 heavy (non-hydrogen) atoms. The SMILES string of the molecule is CCC1(CC)C[C@@H](NC(=O)[C@@H](C)Oc2cc(C)c(Cl)c(C)c2)c2ccccc2O1. The smallest absolute Gasteiger partial charge is 0.261 e. The standard InChI is InChI=1S/C24H30ClNO3/c1-6-24(7-2)14-20(19-10-8-9-11-21(19)29-24)26-23(27)17(5)28-18-12-15(3)22(25)16(4)13-18/h8-13,17,20H,6-7,14H2,1-5H3,(H,26,27)/t17-,20-/m1/s1. The predicted octanol–water partition coefficient (Wildman–Crippen LogP) is 5.92. The van der Waals surface area contributed by atoms with Crippen LogP contribution in [-0.4, -0.2) is 17.6 Å². The molecule has 0 saturated carbocycles. The molecule has 0 bridgehead atoms. The second-order valence-electron chi connectivity index (χ2n) is 7.93. The number of rotatable bonds is 6. The Labute approximate surface area is 178 Å². The summed E-state index contributed by atoms with van der Waals surface area (Å²) in [6.45, 7) is 9.90. The molecule has 0 aromatic heterocycles. The maximum atomic E-state index is 12.9. The zero-order valence-corrected chi connectivity index (χ0v) is 18.6. The van der Waals surface area contributed by atoms with Crippen LogP contribution in [0.15, 0.2) is 36.4 Å². The molecule has 1 amide bonds. The van der Waals surface area contributed by atoms with Gasteiger partial charge < -0.3 is 14.8 Å². The average Bonchev–Trinajstić information content (AvgIpc) is 2.71. The van der Waals surface area contributed by atoms with E-state index in [-0.39, 0.29) is 17.6 Å². The molecule has 0 aliphatic carbocycles. The third-order valence-corrected chi connectivity index (χ3v) is 6.49. The van der Waals surface area contributed by atoms with E-state index in [0.717, 1.165) is 46.7 Å². The third kappa shape index (κ3) is 4.53. The number of para-hydroxylation sites is 1. The second kappa shape index (κ2) is 8.66. The van der Waals surface area contributed by atoms with Gasteiger partial charge in [-0.2, -0.15) is 0 Å². The molecular weight excluding hydrogens is 386 g/mol. The number of carbonyl (C=O) groups is 1. The lowest BCUT2D eigenvalue weighted by Gasteiger charge is -2.41. The van der Waals surface area contributed by atoms with Crippen molar-refractivity contribution in [1.82, 2.24) is 5.32 Å². The Hall–Kier alpha value is -2.20. The highest BCUT2D eigenvalue weighted by atomic mass is 35.5. The van der Waals surface area contributed by atoms with E-state index < -0.39 is 6.10 Å². The van der Waals surface area contributed by atoms with Gasteiger partial charge in [-0.1, -0.05) is 43.6 Å². The summed E-state index contributed by atoms with van der Waals surface area (Å²) in [5.74, 6) is 1.36. The maximum absolute atomic E-state index is 12.9. The van der Waals surface area contributed by atoms with Crippen LogP contribution < -0.4 is 14.8 Å². The van der Waals surface area contributed by atoms with E-state index in [1.165, 1.54) is 0 Å². The summed E-state index contributed by atoms with van der Waals surface area (Å²) in [7, 11) is 0. The van der Waals surface area contributed by atoms with Crippen LogP contribution in [0.4, 0.5) is 0 Å². The normalized spacial score (nSPS) is 18.3. The van der Waals surface area contributed by atoms with Crippen molar-refractivity contribution in [1.29, 1.82) is 0 Å². The van der Waals surface area contributed by atoms with Gasteiger partial charge in [-0.05, 0) is 62.9 Å². The summed E-state index contributed by atoms with van der Waals surface area (Å²) < 4.78 is 12.3. The molecule has 156 valence electrons. The van der Waals surface area contributed by atoms with Gasteiger partial charge in [-0.25, -0.2) is 0 Å². The number of ether oxygens (including phenoxy) is 2. The molecule has 0 unspecified atom stereocenters. The Bertz CT molecular complexity index is 868. The van der Waals surface area contributed by atoms with Crippen LogP contribution in [0.2, 0.25) is 5.02 Å². The Morgan fingerprint density at radius 2 is 1.86 bits per heavy atom. The van der Waals surface area contributed by atoms with Gasteiger partial charge in [0, 0.05) is 17.0 Å². The van der Waals surface area contributed by atoms with Crippen molar-refractivity contribution in [2.45, 2.75) is 71.6 Å². The lowest BCUT2D eigenvalue weighted by atomic mass is 9.83. The van der Waals surface area contributed by atoms with E-state index >= 15 is 0 Å². The molecule has 5 heteroatoms. The number of carbonyl (C=O) groups excluding carboxylic acids is 1. The van der Waals surface area contributed by atoms with Gasteiger partial charge in [0.05, 0.1) is 6.04 Å². The molecule has 0 spiro atoms. The molecule has 4 nitrogen and oxygen atoms in total. The zero-order valence-electron chi connectivity index (χ0n) is 17.8. The fraction of sp³-hybridized carbons (Fsp3) is 0.458. The molecule has 2 aromatic carbocycles. The van der Waals surface area contributed by atoms with E-state index in [1.54, 1.807) is 6.92 Å². The van der Waals surface area contributed by atoms with Crippen molar-refractivity contribution in [2.75, 3.05) is 0 Å². The Balaban J connectivity index is 1.77. The van der Waals surface area contributed by atoms with Crippen molar-refractivity contribution >= 4 is 17.5 Å². The Kier molecular flexibility index (Phi) is 6.42. The van der Waals surface area contributed by atoms with Gasteiger partial charge in [-0.15, -0.1) is 0 Å². The van der Waals surface area contributed by atoms with Crippen molar-refractivity contribution in [3.05, 3.63) is 58.1 Å². The summed E-state index contributed by atoms with van der Waals surface area (Å²) in [5, 5.41) is 3.91. The van der Waals surface area contributed by atoms with Crippen molar-refractivity contribution in [3.8, 4) is 11.5 Å². The van der Waals surface area contributed by atoms with Crippen LogP contribution in [0.5, 0.6) is 11.5 Å². The third-order valence-electron chi connectivity index (χ3n) is 5.89. The molecule has 3 rings (SSSR count). The number of amides is 1. The van der Waals surface area contributed by atoms with Gasteiger partial charge in [0.2, 0.25) is 0 Å². The quantitative estimate of drug-likeness (QED) is 0.636. The van der Waals surface area contributed by atoms with Gasteiger partial charge in [0.25, 0.3) is 5.91 Å². The van der Waals surface area contributed by atoms with Gasteiger partial charge in [0.15, 0.2) is 6.10 Å². The first kappa shape index (κ1) is 21.5. The monoisotopic (exact) mass is 415 g/mol. The van der Waals surface area contributed by atoms with Crippen LogP contribution >= 0.6 is 11.6 Å². The van der Waals surface area contributed by atoms with Gasteiger partial charge in [-0.3, -0.25) is 4.79 Å². The first-order valence-electron chi connectivity index (χ1n) is 10.3. The highest BCUT2D eigenvalue weighted by Gasteiger charge is 2.39. The summed E-state index contributed by atoms with van der Waals surface area (Å²) in [4.78, 5) is 12.9. The number of hydrogen-bond acceptors (Lipinski definition) is 3. The molecule has 1 aliphatic heterocycles. The minimum absolute atomic E-state index is 0.105. The highest BCUT2D eigenvalue weighted by molar-refractivity contribution is 6.32. The minimum atomic E-state index is -0.623.